The van der Waals surface area contributed by atoms with Crippen LogP contribution in [0.4, 0.5) is 17.5 Å². The van der Waals surface area contributed by atoms with Crippen molar-refractivity contribution in [3.05, 3.63) is 66.1 Å². The highest BCUT2D eigenvalue weighted by atomic mass is 16.5. The summed E-state index contributed by atoms with van der Waals surface area (Å²) < 4.78 is 8.24. The van der Waals surface area contributed by atoms with E-state index >= 15 is 0 Å². The molecule has 290 valence electrons. The molecule has 2 N–H and O–H groups in total. The van der Waals surface area contributed by atoms with Crippen LogP contribution >= 0.6 is 0 Å². The standard InChI is InChI=1S/C41H52N10O4/c1-47(2)40(54)35-24-29-25-43-41(46-38(29)51(35)31-6-3-4-7-31)44-36-15-13-33(26-42-36)55-23-22-48-17-5-8-32(27-48)50-20-18-49(19-21-50)30-11-9-28(10-12-30)34-14-16-37(52)45-39(34)53/h9-13,15,24-26,31-32,34H,3-8,14,16-23,27H2,1-2H3,(H,45,52,53)(H,42,43,44,46). The fourth-order valence-corrected chi connectivity index (χ4v) is 8.75. The number of hydrogen-bond donors (Lipinski definition) is 2. The Morgan fingerprint density at radius 2 is 1.69 bits per heavy atom. The van der Waals surface area contributed by atoms with Crippen LogP contribution in [-0.4, -0.2) is 124 Å². The number of ether oxygens (including phenoxy) is 1. The van der Waals surface area contributed by atoms with E-state index in [0.29, 0.717) is 43.0 Å². The maximum absolute atomic E-state index is 13.0. The summed E-state index contributed by atoms with van der Waals surface area (Å²) in [4.78, 5) is 60.0. The van der Waals surface area contributed by atoms with Crippen LogP contribution in [-0.2, 0) is 9.59 Å². The molecule has 3 saturated heterocycles. The van der Waals surface area contributed by atoms with Crippen LogP contribution in [0.5, 0.6) is 5.75 Å². The van der Waals surface area contributed by atoms with Gasteiger partial charge >= 0.3 is 0 Å². The van der Waals surface area contributed by atoms with Gasteiger partial charge in [0.25, 0.3) is 5.91 Å². The SMILES string of the molecule is CN(C)C(=O)c1cc2cnc(Nc3ccc(OCCN4CCCC(N5CCN(c6ccc(C7CCC(=O)NC7=O)cc6)CC5)C4)cn3)nc2n1C1CCCC1. The van der Waals surface area contributed by atoms with Crippen molar-refractivity contribution in [1.29, 1.82) is 0 Å². The summed E-state index contributed by atoms with van der Waals surface area (Å²) in [6.45, 7) is 7.59. The monoisotopic (exact) mass is 748 g/mol. The van der Waals surface area contributed by atoms with Crippen LogP contribution in [0.2, 0.25) is 0 Å². The predicted molar refractivity (Wildman–Crippen MR) is 211 cm³/mol. The fraction of sp³-hybridized carbons (Fsp3) is 0.512. The average Bonchev–Trinajstić information content (AvgIpc) is 3.87. The highest BCUT2D eigenvalue weighted by Crippen LogP contribution is 2.35. The number of aromatic nitrogens is 4. The summed E-state index contributed by atoms with van der Waals surface area (Å²) in [5, 5.41) is 6.56. The molecule has 1 aliphatic carbocycles. The van der Waals surface area contributed by atoms with E-state index in [1.807, 2.05) is 30.3 Å². The number of carbonyl (C=O) groups is 3. The molecule has 4 fully saturated rings. The summed E-state index contributed by atoms with van der Waals surface area (Å²) in [5.41, 5.74) is 3.59. The van der Waals surface area contributed by atoms with Gasteiger partial charge in [-0.2, -0.15) is 4.98 Å². The van der Waals surface area contributed by atoms with Gasteiger partial charge in [0, 0.05) is 89.1 Å². The minimum atomic E-state index is -0.247. The van der Waals surface area contributed by atoms with Crippen LogP contribution < -0.4 is 20.3 Å². The maximum atomic E-state index is 13.0. The summed E-state index contributed by atoms with van der Waals surface area (Å²) in [6, 6.07) is 14.8. The molecular weight excluding hydrogens is 697 g/mol. The van der Waals surface area contributed by atoms with Gasteiger partial charge in [-0.25, -0.2) is 9.97 Å². The molecular formula is C41H52N10O4. The molecule has 0 radical (unpaired) electrons. The first-order valence-electron chi connectivity index (χ1n) is 19.9. The molecule has 8 rings (SSSR count). The molecule has 2 atom stereocenters. The lowest BCUT2D eigenvalue weighted by atomic mass is 9.90. The highest BCUT2D eigenvalue weighted by molar-refractivity contribution is 6.01. The second-order valence-corrected chi connectivity index (χ2v) is 15.6. The number of rotatable bonds is 11. The molecule has 3 amide bonds. The Bertz CT molecular complexity index is 1980. The number of anilines is 3. The number of hydrogen-bond acceptors (Lipinski definition) is 11. The van der Waals surface area contributed by atoms with Gasteiger partial charge in [-0.1, -0.05) is 25.0 Å². The quantitative estimate of drug-likeness (QED) is 0.209. The highest BCUT2D eigenvalue weighted by Gasteiger charge is 2.31. The number of imide groups is 1. The van der Waals surface area contributed by atoms with Crippen molar-refractivity contribution in [3.8, 4) is 5.75 Å². The largest absolute Gasteiger partial charge is 0.491 e. The van der Waals surface area contributed by atoms with E-state index in [4.69, 9.17) is 9.72 Å². The molecule has 6 heterocycles. The van der Waals surface area contributed by atoms with Crippen LogP contribution in [0.25, 0.3) is 11.0 Å². The third-order valence-electron chi connectivity index (χ3n) is 11.8. The van der Waals surface area contributed by atoms with Gasteiger partial charge in [-0.05, 0) is 74.5 Å². The van der Waals surface area contributed by atoms with E-state index in [1.165, 1.54) is 18.5 Å². The normalized spacial score (nSPS) is 21.5. The third-order valence-corrected chi connectivity index (χ3v) is 11.8. The van der Waals surface area contributed by atoms with E-state index < -0.39 is 0 Å². The Morgan fingerprint density at radius 1 is 0.909 bits per heavy atom. The number of pyridine rings is 1. The first-order chi connectivity index (χ1) is 26.8. The van der Waals surface area contributed by atoms with E-state index in [-0.39, 0.29) is 29.7 Å². The first-order valence-corrected chi connectivity index (χ1v) is 19.9. The van der Waals surface area contributed by atoms with Crippen molar-refractivity contribution in [2.45, 2.75) is 69.4 Å². The van der Waals surface area contributed by atoms with Gasteiger partial charge in [0.1, 0.15) is 29.5 Å². The van der Waals surface area contributed by atoms with Gasteiger partial charge in [-0.15, -0.1) is 0 Å². The minimum absolute atomic E-state index is 0.0268. The lowest BCUT2D eigenvalue weighted by molar-refractivity contribution is -0.134. The van der Waals surface area contributed by atoms with Crippen molar-refractivity contribution in [2.75, 3.05) is 76.7 Å². The lowest BCUT2D eigenvalue weighted by Gasteiger charge is -2.44. The number of amides is 3. The van der Waals surface area contributed by atoms with Crippen molar-refractivity contribution in [3.63, 3.8) is 0 Å². The van der Waals surface area contributed by atoms with Gasteiger partial charge in [0.15, 0.2) is 0 Å². The van der Waals surface area contributed by atoms with Crippen LogP contribution in [0.15, 0.2) is 54.9 Å². The molecule has 1 aromatic carbocycles. The summed E-state index contributed by atoms with van der Waals surface area (Å²) in [7, 11) is 3.56. The fourth-order valence-electron chi connectivity index (χ4n) is 8.75. The zero-order valence-electron chi connectivity index (χ0n) is 32.0. The molecule has 3 aromatic heterocycles. The van der Waals surface area contributed by atoms with Gasteiger partial charge in [0.2, 0.25) is 17.8 Å². The molecule has 0 bridgehead atoms. The van der Waals surface area contributed by atoms with Gasteiger partial charge in [0.05, 0.1) is 12.1 Å². The zero-order chi connectivity index (χ0) is 37.9. The number of carbonyl (C=O) groups excluding carboxylic acids is 3. The molecule has 3 aliphatic heterocycles. The number of piperazine rings is 1. The summed E-state index contributed by atoms with van der Waals surface area (Å²) in [5.74, 6) is 1.15. The Morgan fingerprint density at radius 3 is 2.42 bits per heavy atom. The number of fused-ring (bicyclic) bond motifs is 1. The number of likely N-dealkylation sites (tertiary alicyclic amines) is 1. The number of piperidine rings is 2. The first kappa shape index (κ1) is 36.9. The predicted octanol–water partition coefficient (Wildman–Crippen LogP) is 4.57. The molecule has 2 unspecified atom stereocenters. The van der Waals surface area contributed by atoms with Gasteiger partial charge < -0.3 is 24.4 Å². The number of nitrogens with zero attached hydrogens (tertiary/aromatic N) is 8. The Labute approximate surface area is 322 Å². The zero-order valence-corrected chi connectivity index (χ0v) is 32.0. The van der Waals surface area contributed by atoms with E-state index in [2.05, 4.69) is 52.0 Å². The van der Waals surface area contributed by atoms with Crippen LogP contribution in [0.1, 0.15) is 79.4 Å². The maximum Gasteiger partial charge on any atom is 0.270 e. The minimum Gasteiger partial charge on any atom is -0.491 e. The molecule has 0 spiro atoms. The summed E-state index contributed by atoms with van der Waals surface area (Å²) >= 11 is 0. The molecule has 14 nitrogen and oxygen atoms in total. The lowest BCUT2D eigenvalue weighted by Crippen LogP contribution is -2.55. The average molecular weight is 749 g/mol. The Balaban J connectivity index is 0.798. The summed E-state index contributed by atoms with van der Waals surface area (Å²) in [6.07, 6.45) is 11.3. The van der Waals surface area contributed by atoms with E-state index in [9.17, 15) is 14.4 Å². The van der Waals surface area contributed by atoms with Crippen LogP contribution in [0, 0.1) is 0 Å². The van der Waals surface area contributed by atoms with Crippen molar-refractivity contribution in [2.24, 2.45) is 0 Å². The molecule has 14 heteroatoms. The number of nitrogens with one attached hydrogen (secondary N) is 2. The van der Waals surface area contributed by atoms with Crippen molar-refractivity contribution in [1.82, 2.24) is 39.5 Å². The van der Waals surface area contributed by atoms with Crippen molar-refractivity contribution >= 4 is 46.2 Å². The Kier molecular flexibility index (Phi) is 11.0. The smallest absolute Gasteiger partial charge is 0.270 e. The second-order valence-electron chi connectivity index (χ2n) is 15.6. The van der Waals surface area contributed by atoms with Crippen LogP contribution in [0.3, 0.4) is 0 Å². The molecule has 4 aromatic rings. The molecule has 4 aliphatic rings. The Hall–Kier alpha value is -5.08. The third kappa shape index (κ3) is 8.30. The van der Waals surface area contributed by atoms with E-state index in [0.717, 1.165) is 93.8 Å². The molecule has 1 saturated carbocycles. The van der Waals surface area contributed by atoms with Crippen molar-refractivity contribution < 1.29 is 19.1 Å². The topological polar surface area (TPSA) is 141 Å². The van der Waals surface area contributed by atoms with E-state index in [1.54, 1.807) is 31.4 Å². The second kappa shape index (κ2) is 16.3. The molecule has 55 heavy (non-hydrogen) atoms. The number of benzene rings is 1. The van der Waals surface area contributed by atoms with Gasteiger partial charge in [-0.3, -0.25) is 29.5 Å².